The Morgan fingerprint density at radius 2 is 1.83 bits per heavy atom. The van der Waals surface area contributed by atoms with Crippen molar-refractivity contribution in [3.05, 3.63) is 87.2 Å². The molecule has 0 aliphatic carbocycles. The summed E-state index contributed by atoms with van der Waals surface area (Å²) >= 11 is 1.53. The van der Waals surface area contributed by atoms with Gasteiger partial charge in [0.05, 0.1) is 22.1 Å². The lowest BCUT2D eigenvalue weighted by Crippen LogP contribution is -2.29. The Kier molecular flexibility index (Phi) is 5.49. The summed E-state index contributed by atoms with van der Waals surface area (Å²) in [6.07, 6.45) is 0. The van der Waals surface area contributed by atoms with Crippen molar-refractivity contribution in [1.82, 2.24) is 14.8 Å². The zero-order chi connectivity index (χ0) is 21.1. The molecule has 1 amide bonds. The SMILES string of the molecule is Cc1nc(-c2ccccc2NC(=O)Cn2nc(-c3ccc(F)cc3)ccc2=O)cs1. The number of hydrogen-bond acceptors (Lipinski definition) is 5. The second kappa shape index (κ2) is 8.38. The number of rotatable bonds is 5. The van der Waals surface area contributed by atoms with Gasteiger partial charge in [0.2, 0.25) is 5.91 Å². The number of hydrogen-bond donors (Lipinski definition) is 1. The number of para-hydroxylation sites is 1. The van der Waals surface area contributed by atoms with Crippen molar-refractivity contribution in [3.8, 4) is 22.5 Å². The third-order valence-electron chi connectivity index (χ3n) is 4.40. The van der Waals surface area contributed by atoms with Crippen LogP contribution >= 0.6 is 11.3 Å². The molecule has 0 atom stereocenters. The van der Waals surface area contributed by atoms with Crippen LogP contribution in [0.3, 0.4) is 0 Å². The van der Waals surface area contributed by atoms with Gasteiger partial charge in [-0.15, -0.1) is 11.3 Å². The summed E-state index contributed by atoms with van der Waals surface area (Å²) in [5.41, 5.74) is 2.91. The molecule has 150 valence electrons. The predicted molar refractivity (Wildman–Crippen MR) is 115 cm³/mol. The second-order valence-corrected chi connectivity index (χ2v) is 7.63. The van der Waals surface area contributed by atoms with Crippen molar-refractivity contribution in [2.45, 2.75) is 13.5 Å². The Morgan fingerprint density at radius 1 is 1.07 bits per heavy atom. The highest BCUT2D eigenvalue weighted by Gasteiger charge is 2.13. The monoisotopic (exact) mass is 420 g/mol. The van der Waals surface area contributed by atoms with Gasteiger partial charge in [0.25, 0.3) is 5.56 Å². The average Bonchev–Trinajstić information content (AvgIpc) is 3.17. The van der Waals surface area contributed by atoms with Crippen molar-refractivity contribution in [2.24, 2.45) is 0 Å². The van der Waals surface area contributed by atoms with Crippen molar-refractivity contribution in [3.63, 3.8) is 0 Å². The minimum atomic E-state index is -0.403. The first kappa shape index (κ1) is 19.7. The summed E-state index contributed by atoms with van der Waals surface area (Å²) in [6, 6.07) is 16.0. The molecule has 0 bridgehead atoms. The Bertz CT molecular complexity index is 1260. The van der Waals surface area contributed by atoms with Gasteiger partial charge in [-0.05, 0) is 43.3 Å². The van der Waals surface area contributed by atoms with Gasteiger partial charge in [0.1, 0.15) is 12.4 Å². The molecule has 6 nitrogen and oxygen atoms in total. The molecule has 30 heavy (non-hydrogen) atoms. The van der Waals surface area contributed by atoms with Gasteiger partial charge >= 0.3 is 0 Å². The summed E-state index contributed by atoms with van der Waals surface area (Å²) in [5, 5.41) is 9.94. The Labute approximate surface area is 175 Å². The van der Waals surface area contributed by atoms with Crippen LogP contribution in [-0.2, 0) is 11.3 Å². The summed E-state index contributed by atoms with van der Waals surface area (Å²) < 4.78 is 14.2. The Morgan fingerprint density at radius 3 is 2.57 bits per heavy atom. The molecule has 4 rings (SSSR count). The molecule has 0 unspecified atom stereocenters. The van der Waals surface area contributed by atoms with E-state index >= 15 is 0 Å². The van der Waals surface area contributed by atoms with E-state index in [1.54, 1.807) is 24.3 Å². The van der Waals surface area contributed by atoms with Crippen LogP contribution in [-0.4, -0.2) is 20.7 Å². The quantitative estimate of drug-likeness (QED) is 0.527. The molecule has 8 heteroatoms. The molecular weight excluding hydrogens is 403 g/mol. The molecule has 0 aliphatic heterocycles. The third kappa shape index (κ3) is 4.33. The lowest BCUT2D eigenvalue weighted by molar-refractivity contribution is -0.117. The number of anilines is 1. The van der Waals surface area contributed by atoms with E-state index in [-0.39, 0.29) is 18.3 Å². The van der Waals surface area contributed by atoms with Crippen LogP contribution in [0.1, 0.15) is 5.01 Å². The summed E-state index contributed by atoms with van der Waals surface area (Å²) in [7, 11) is 0. The molecule has 2 heterocycles. The highest BCUT2D eigenvalue weighted by molar-refractivity contribution is 7.09. The van der Waals surface area contributed by atoms with Gasteiger partial charge < -0.3 is 5.32 Å². The molecule has 2 aromatic carbocycles. The van der Waals surface area contributed by atoms with Gasteiger partial charge in [-0.1, -0.05) is 18.2 Å². The van der Waals surface area contributed by atoms with Crippen LogP contribution < -0.4 is 10.9 Å². The van der Waals surface area contributed by atoms with Gasteiger partial charge in [-0.2, -0.15) is 5.10 Å². The summed E-state index contributed by atoms with van der Waals surface area (Å²) in [4.78, 5) is 29.3. The fourth-order valence-electron chi connectivity index (χ4n) is 2.97. The fourth-order valence-corrected chi connectivity index (χ4v) is 3.58. The molecule has 0 saturated carbocycles. The van der Waals surface area contributed by atoms with Gasteiger partial charge in [-0.3, -0.25) is 9.59 Å². The number of aromatic nitrogens is 3. The minimum absolute atomic E-state index is 0.252. The lowest BCUT2D eigenvalue weighted by atomic mass is 10.1. The first-order valence-corrected chi connectivity index (χ1v) is 10.0. The number of thiazole rings is 1. The predicted octanol–water partition coefficient (Wildman–Crippen LogP) is 4.12. The van der Waals surface area contributed by atoms with E-state index in [0.717, 1.165) is 20.9 Å². The molecular formula is C22H17FN4O2S. The number of carbonyl (C=O) groups excluding carboxylic acids is 1. The van der Waals surface area contributed by atoms with Crippen LogP contribution in [0.15, 0.2) is 70.8 Å². The zero-order valence-electron chi connectivity index (χ0n) is 16.0. The topological polar surface area (TPSA) is 76.9 Å². The van der Waals surface area contributed by atoms with E-state index in [4.69, 9.17) is 0 Å². The van der Waals surface area contributed by atoms with Crippen molar-refractivity contribution < 1.29 is 9.18 Å². The fraction of sp³-hybridized carbons (Fsp3) is 0.0909. The maximum absolute atomic E-state index is 13.1. The van der Waals surface area contributed by atoms with E-state index < -0.39 is 5.56 Å². The van der Waals surface area contributed by atoms with Gasteiger partial charge in [0.15, 0.2) is 0 Å². The lowest BCUT2D eigenvalue weighted by Gasteiger charge is -2.11. The molecule has 4 aromatic rings. The number of amides is 1. The first-order valence-electron chi connectivity index (χ1n) is 9.15. The maximum atomic E-state index is 13.1. The second-order valence-electron chi connectivity index (χ2n) is 6.57. The third-order valence-corrected chi connectivity index (χ3v) is 5.17. The average molecular weight is 420 g/mol. The largest absolute Gasteiger partial charge is 0.324 e. The van der Waals surface area contributed by atoms with Crippen LogP contribution in [0.25, 0.3) is 22.5 Å². The minimum Gasteiger partial charge on any atom is -0.324 e. The van der Waals surface area contributed by atoms with Crippen molar-refractivity contribution in [1.29, 1.82) is 0 Å². The van der Waals surface area contributed by atoms with Crippen LogP contribution in [0, 0.1) is 12.7 Å². The number of benzene rings is 2. The summed E-state index contributed by atoms with van der Waals surface area (Å²) in [6.45, 7) is 1.67. The van der Waals surface area contributed by atoms with E-state index in [1.165, 1.54) is 29.5 Å². The van der Waals surface area contributed by atoms with Crippen LogP contribution in [0.2, 0.25) is 0 Å². The molecule has 1 N–H and O–H groups in total. The molecule has 0 saturated heterocycles. The van der Waals surface area contributed by atoms with E-state index in [0.29, 0.717) is 16.9 Å². The highest BCUT2D eigenvalue weighted by atomic mass is 32.1. The number of nitrogens with zero attached hydrogens (tertiary/aromatic N) is 3. The molecule has 0 aliphatic rings. The Hall–Kier alpha value is -3.65. The van der Waals surface area contributed by atoms with E-state index in [9.17, 15) is 14.0 Å². The summed E-state index contributed by atoms with van der Waals surface area (Å²) in [5.74, 6) is -0.749. The zero-order valence-corrected chi connectivity index (χ0v) is 16.8. The van der Waals surface area contributed by atoms with Crippen LogP contribution in [0.4, 0.5) is 10.1 Å². The van der Waals surface area contributed by atoms with E-state index in [1.807, 2.05) is 30.5 Å². The molecule has 2 aromatic heterocycles. The smallest absolute Gasteiger partial charge is 0.267 e. The first-order chi connectivity index (χ1) is 14.5. The van der Waals surface area contributed by atoms with Gasteiger partial charge in [-0.25, -0.2) is 14.1 Å². The van der Waals surface area contributed by atoms with Gasteiger partial charge in [0, 0.05) is 22.6 Å². The van der Waals surface area contributed by atoms with Crippen molar-refractivity contribution in [2.75, 3.05) is 5.32 Å². The normalized spacial score (nSPS) is 10.7. The number of aryl methyl sites for hydroxylation is 1. The Balaban J connectivity index is 1.56. The number of halogens is 1. The standard InChI is InChI=1S/C22H17FN4O2S/c1-14-24-20(13-30-14)17-4-2-3-5-19(17)25-21(28)12-27-22(29)11-10-18(26-27)15-6-8-16(23)9-7-15/h2-11,13H,12H2,1H3,(H,25,28). The molecule has 0 spiro atoms. The molecule has 0 fully saturated rings. The van der Waals surface area contributed by atoms with Crippen LogP contribution in [0.5, 0.6) is 0 Å². The molecule has 0 radical (unpaired) electrons. The number of carbonyl (C=O) groups is 1. The number of nitrogens with one attached hydrogen (secondary N) is 1. The highest BCUT2D eigenvalue weighted by Crippen LogP contribution is 2.28. The maximum Gasteiger partial charge on any atom is 0.267 e. The van der Waals surface area contributed by atoms with Crippen molar-refractivity contribution >= 4 is 22.9 Å². The van der Waals surface area contributed by atoms with E-state index in [2.05, 4.69) is 15.4 Å².